The van der Waals surface area contributed by atoms with Crippen LogP contribution in [0.3, 0.4) is 0 Å². The molecule has 0 aliphatic rings. The van der Waals surface area contributed by atoms with E-state index in [-0.39, 0.29) is 4.90 Å². The molecule has 5 nitrogen and oxygen atoms in total. The lowest BCUT2D eigenvalue weighted by atomic mass is 10.2. The van der Waals surface area contributed by atoms with E-state index < -0.39 is 10.0 Å². The number of hydrogen-bond acceptors (Lipinski definition) is 3. The number of halogens is 1. The number of nitrogens with one attached hydrogen (secondary N) is 1. The number of aromatic nitrogens is 2. The minimum atomic E-state index is -3.53. The van der Waals surface area contributed by atoms with Crippen LogP contribution in [0.4, 0.5) is 0 Å². The average molecular weight is 394 g/mol. The number of nitrogens with zero attached hydrogens (tertiary/aromatic N) is 2. The third-order valence-electron chi connectivity index (χ3n) is 3.63. The van der Waals surface area contributed by atoms with Crippen LogP contribution in [0.1, 0.15) is 5.56 Å². The van der Waals surface area contributed by atoms with Crippen molar-refractivity contribution in [2.24, 2.45) is 7.05 Å². The molecule has 1 aromatic carbocycles. The van der Waals surface area contributed by atoms with Crippen molar-refractivity contribution >= 4 is 37.0 Å². The fourth-order valence-electron chi connectivity index (χ4n) is 2.55. The van der Waals surface area contributed by atoms with E-state index in [4.69, 9.17) is 0 Å². The number of benzene rings is 1. The van der Waals surface area contributed by atoms with Crippen molar-refractivity contribution in [1.82, 2.24) is 14.3 Å². The molecule has 0 saturated carbocycles. The molecule has 0 saturated heterocycles. The van der Waals surface area contributed by atoms with Gasteiger partial charge >= 0.3 is 0 Å². The van der Waals surface area contributed by atoms with Crippen molar-refractivity contribution in [3.8, 4) is 0 Å². The largest absolute Gasteiger partial charge is 0.335 e. The monoisotopic (exact) mass is 393 g/mol. The number of rotatable bonds is 5. The van der Waals surface area contributed by atoms with Gasteiger partial charge in [0.05, 0.1) is 4.90 Å². The minimum absolute atomic E-state index is 0.250. The van der Waals surface area contributed by atoms with Crippen LogP contribution in [0.15, 0.2) is 58.2 Å². The normalized spacial score (nSPS) is 11.9. The Bertz CT molecular complexity index is 951. The lowest BCUT2D eigenvalue weighted by Gasteiger charge is -2.08. The Morgan fingerprint density at radius 2 is 2.00 bits per heavy atom. The lowest BCUT2D eigenvalue weighted by Crippen LogP contribution is -2.26. The van der Waals surface area contributed by atoms with Gasteiger partial charge in [-0.05, 0) is 52.2 Å². The van der Waals surface area contributed by atoms with Gasteiger partial charge in [-0.15, -0.1) is 0 Å². The van der Waals surface area contributed by atoms with Gasteiger partial charge in [0, 0.05) is 35.8 Å². The summed E-state index contributed by atoms with van der Waals surface area (Å²) in [6.45, 7) is 0.331. The Hall–Kier alpha value is -1.70. The van der Waals surface area contributed by atoms with Gasteiger partial charge < -0.3 is 4.57 Å². The van der Waals surface area contributed by atoms with Crippen molar-refractivity contribution in [2.75, 3.05) is 6.54 Å². The van der Waals surface area contributed by atoms with Crippen LogP contribution in [0.5, 0.6) is 0 Å². The van der Waals surface area contributed by atoms with Gasteiger partial charge in [-0.1, -0.05) is 12.1 Å². The number of hydrogen-bond donors (Lipinski definition) is 1. The highest BCUT2D eigenvalue weighted by Crippen LogP contribution is 2.21. The SMILES string of the molecule is Cn1cc(CCNS(=O)(=O)c2ccccc2Br)c2cccnc21. The first-order valence-corrected chi connectivity index (χ1v) is 9.40. The number of aryl methyl sites for hydroxylation is 1. The van der Waals surface area contributed by atoms with Crippen LogP contribution in [0, 0.1) is 0 Å². The van der Waals surface area contributed by atoms with Crippen LogP contribution >= 0.6 is 15.9 Å². The quantitative estimate of drug-likeness (QED) is 0.724. The summed E-state index contributed by atoms with van der Waals surface area (Å²) in [5.74, 6) is 0. The molecule has 3 rings (SSSR count). The summed E-state index contributed by atoms with van der Waals surface area (Å²) in [5, 5.41) is 1.05. The van der Waals surface area contributed by atoms with Gasteiger partial charge in [-0.2, -0.15) is 0 Å². The molecule has 2 aromatic heterocycles. The van der Waals surface area contributed by atoms with Gasteiger partial charge in [-0.25, -0.2) is 18.1 Å². The summed E-state index contributed by atoms with van der Waals surface area (Å²) < 4.78 is 29.9. The molecule has 0 unspecified atom stereocenters. The van der Waals surface area contributed by atoms with Crippen molar-refractivity contribution in [3.05, 3.63) is 58.8 Å². The van der Waals surface area contributed by atoms with Crippen molar-refractivity contribution < 1.29 is 8.42 Å². The average Bonchev–Trinajstić information content (AvgIpc) is 2.84. The molecular formula is C16H16BrN3O2S. The third kappa shape index (κ3) is 3.31. The van der Waals surface area contributed by atoms with E-state index in [1.165, 1.54) is 0 Å². The maximum Gasteiger partial charge on any atom is 0.241 e. The second kappa shape index (κ2) is 6.43. The second-order valence-electron chi connectivity index (χ2n) is 5.22. The van der Waals surface area contributed by atoms with E-state index >= 15 is 0 Å². The first kappa shape index (κ1) is 16.2. The first-order valence-electron chi connectivity index (χ1n) is 7.12. The van der Waals surface area contributed by atoms with Crippen LogP contribution < -0.4 is 4.72 Å². The van der Waals surface area contributed by atoms with Gasteiger partial charge in [0.25, 0.3) is 0 Å². The van der Waals surface area contributed by atoms with E-state index in [1.807, 2.05) is 29.9 Å². The smallest absolute Gasteiger partial charge is 0.241 e. The molecular weight excluding hydrogens is 378 g/mol. The molecule has 3 aromatic rings. The summed E-state index contributed by atoms with van der Waals surface area (Å²) in [6, 6.07) is 10.7. The summed E-state index contributed by atoms with van der Waals surface area (Å²) in [4.78, 5) is 4.59. The van der Waals surface area contributed by atoms with Gasteiger partial charge in [-0.3, -0.25) is 0 Å². The third-order valence-corrected chi connectivity index (χ3v) is 6.10. The highest BCUT2D eigenvalue weighted by molar-refractivity contribution is 9.10. The topological polar surface area (TPSA) is 64.0 Å². The molecule has 0 fully saturated rings. The summed E-state index contributed by atoms with van der Waals surface area (Å²) in [7, 11) is -1.59. The molecule has 7 heteroatoms. The summed E-state index contributed by atoms with van der Waals surface area (Å²) in [5.41, 5.74) is 1.97. The van der Waals surface area contributed by atoms with E-state index in [1.54, 1.807) is 30.5 Å². The molecule has 0 aliphatic heterocycles. The maximum absolute atomic E-state index is 12.4. The molecule has 0 spiro atoms. The number of pyridine rings is 1. The van der Waals surface area contributed by atoms with Gasteiger partial charge in [0.15, 0.2) is 0 Å². The van der Waals surface area contributed by atoms with Crippen molar-refractivity contribution in [3.63, 3.8) is 0 Å². The number of sulfonamides is 1. The molecule has 0 bridgehead atoms. The molecule has 120 valence electrons. The van der Waals surface area contributed by atoms with Gasteiger partial charge in [0.2, 0.25) is 10.0 Å². The molecule has 0 amide bonds. The highest BCUT2D eigenvalue weighted by Gasteiger charge is 2.16. The zero-order valence-corrected chi connectivity index (χ0v) is 14.9. The molecule has 0 aliphatic carbocycles. The molecule has 0 atom stereocenters. The standard InChI is InChI=1S/C16H16BrN3O2S/c1-20-11-12(13-5-4-9-18-16(13)20)8-10-19-23(21,22)15-7-3-2-6-14(15)17/h2-7,9,11,19H,8,10H2,1H3. The fraction of sp³-hybridized carbons (Fsp3) is 0.188. The van der Waals surface area contributed by atoms with E-state index in [9.17, 15) is 8.42 Å². The minimum Gasteiger partial charge on any atom is -0.335 e. The van der Waals surface area contributed by atoms with Gasteiger partial charge in [0.1, 0.15) is 5.65 Å². The predicted molar refractivity (Wildman–Crippen MR) is 93.7 cm³/mol. The molecule has 2 heterocycles. The van der Waals surface area contributed by atoms with Crippen LogP contribution in [0.25, 0.3) is 11.0 Å². The highest BCUT2D eigenvalue weighted by atomic mass is 79.9. The maximum atomic E-state index is 12.4. The van der Waals surface area contributed by atoms with Crippen LogP contribution in [-0.4, -0.2) is 24.5 Å². The molecule has 1 N–H and O–H groups in total. The Morgan fingerprint density at radius 1 is 1.22 bits per heavy atom. The van der Waals surface area contributed by atoms with E-state index in [0.717, 1.165) is 16.6 Å². The Labute approximate surface area is 143 Å². The van der Waals surface area contributed by atoms with Crippen LogP contribution in [-0.2, 0) is 23.5 Å². The molecule has 23 heavy (non-hydrogen) atoms. The molecule has 0 radical (unpaired) electrons. The second-order valence-corrected chi connectivity index (χ2v) is 7.81. The summed E-state index contributed by atoms with van der Waals surface area (Å²) in [6.07, 6.45) is 4.35. The van der Waals surface area contributed by atoms with Crippen LogP contribution in [0.2, 0.25) is 0 Å². The van der Waals surface area contributed by atoms with E-state index in [0.29, 0.717) is 17.4 Å². The van der Waals surface area contributed by atoms with E-state index in [2.05, 4.69) is 25.6 Å². The zero-order chi connectivity index (χ0) is 16.4. The van der Waals surface area contributed by atoms with Crippen molar-refractivity contribution in [2.45, 2.75) is 11.3 Å². The Balaban J connectivity index is 1.75. The fourth-order valence-corrected chi connectivity index (χ4v) is 4.59. The Kier molecular flexibility index (Phi) is 4.52. The Morgan fingerprint density at radius 3 is 2.78 bits per heavy atom. The zero-order valence-electron chi connectivity index (χ0n) is 12.5. The first-order chi connectivity index (χ1) is 11.0. The lowest BCUT2D eigenvalue weighted by molar-refractivity contribution is 0.581. The number of fused-ring (bicyclic) bond motifs is 1. The summed E-state index contributed by atoms with van der Waals surface area (Å²) >= 11 is 3.27. The van der Waals surface area contributed by atoms with Crippen molar-refractivity contribution in [1.29, 1.82) is 0 Å². The predicted octanol–water partition coefficient (Wildman–Crippen LogP) is 2.86.